The molecule has 0 aliphatic heterocycles. The monoisotopic (exact) mass is 408 g/mol. The van der Waals surface area contributed by atoms with Crippen LogP contribution in [-0.4, -0.2) is 7.11 Å². The molecule has 2 aromatic carbocycles. The summed E-state index contributed by atoms with van der Waals surface area (Å²) in [5.41, 5.74) is 1.96. The van der Waals surface area contributed by atoms with Crippen LogP contribution in [0.25, 0.3) is 0 Å². The lowest BCUT2D eigenvalue weighted by Gasteiger charge is -2.19. The van der Waals surface area contributed by atoms with Crippen LogP contribution in [0.1, 0.15) is 18.0 Å². The normalized spacial score (nSPS) is 11.5. The molecule has 0 spiro atoms. The first kappa shape index (κ1) is 15.9. The molecular weight excluding hydrogens is 396 g/mol. The molecule has 1 N–H and O–H groups in total. The molecule has 108 valence electrons. The van der Waals surface area contributed by atoms with Gasteiger partial charge in [0, 0.05) is 10.5 Å². The molecule has 1 atom stereocenters. The Morgan fingerprint density at radius 2 is 1.90 bits per heavy atom. The summed E-state index contributed by atoms with van der Waals surface area (Å²) in [6.07, 6.45) is 0.384. The number of halogens is 2. The summed E-state index contributed by atoms with van der Waals surface area (Å²) < 4.78 is 7.10. The van der Waals surface area contributed by atoms with Crippen LogP contribution < -0.4 is 10.1 Å². The van der Waals surface area contributed by atoms with Crippen LogP contribution in [0.4, 0.5) is 5.69 Å². The summed E-state index contributed by atoms with van der Waals surface area (Å²) in [6.45, 7) is 0. The van der Waals surface area contributed by atoms with Crippen LogP contribution in [-0.2, 0) is 0 Å². The minimum Gasteiger partial charge on any atom is -0.495 e. The van der Waals surface area contributed by atoms with E-state index in [1.807, 2.05) is 42.5 Å². The van der Waals surface area contributed by atoms with Gasteiger partial charge in [0.2, 0.25) is 0 Å². The second kappa shape index (κ2) is 7.48. The molecule has 2 rings (SSSR count). The standard InChI is InChI=1S/C16H14Br2N2O/c1-21-16-10-15(12(17)9-13(16)18)20-14(7-8-19)11-5-3-2-4-6-11/h2-6,9-10,14,20H,7H2,1H3. The molecule has 2 aromatic rings. The Bertz CT molecular complexity index is 653. The van der Waals surface area contributed by atoms with E-state index in [2.05, 4.69) is 43.2 Å². The molecular formula is C16H14Br2N2O. The van der Waals surface area contributed by atoms with Gasteiger partial charge in [0.05, 0.1) is 35.8 Å². The molecule has 0 aliphatic rings. The maximum absolute atomic E-state index is 9.06. The maximum atomic E-state index is 9.06. The minimum atomic E-state index is -0.0709. The van der Waals surface area contributed by atoms with Crippen molar-refractivity contribution in [2.24, 2.45) is 0 Å². The molecule has 0 heterocycles. The Morgan fingerprint density at radius 1 is 1.19 bits per heavy atom. The first-order chi connectivity index (χ1) is 10.2. The highest BCUT2D eigenvalue weighted by molar-refractivity contribution is 9.11. The van der Waals surface area contributed by atoms with Gasteiger partial charge in [-0.2, -0.15) is 5.26 Å². The minimum absolute atomic E-state index is 0.0709. The number of hydrogen-bond acceptors (Lipinski definition) is 3. The smallest absolute Gasteiger partial charge is 0.135 e. The molecule has 0 saturated heterocycles. The van der Waals surface area contributed by atoms with Crippen LogP contribution in [0.2, 0.25) is 0 Å². The van der Waals surface area contributed by atoms with E-state index < -0.39 is 0 Å². The third-order valence-corrected chi connectivity index (χ3v) is 4.34. The van der Waals surface area contributed by atoms with Gasteiger partial charge in [-0.05, 0) is 43.5 Å². The topological polar surface area (TPSA) is 45.0 Å². The summed E-state index contributed by atoms with van der Waals surface area (Å²) >= 11 is 6.98. The molecule has 0 saturated carbocycles. The third kappa shape index (κ3) is 3.99. The van der Waals surface area contributed by atoms with Gasteiger partial charge in [0.25, 0.3) is 0 Å². The Labute approximate surface area is 141 Å². The lowest BCUT2D eigenvalue weighted by atomic mass is 10.0. The first-order valence-electron chi connectivity index (χ1n) is 6.37. The van der Waals surface area contributed by atoms with Crippen molar-refractivity contribution in [1.29, 1.82) is 5.26 Å². The lowest BCUT2D eigenvalue weighted by molar-refractivity contribution is 0.412. The number of ether oxygens (including phenoxy) is 1. The van der Waals surface area contributed by atoms with E-state index in [1.165, 1.54) is 0 Å². The molecule has 0 aliphatic carbocycles. The van der Waals surface area contributed by atoms with E-state index in [9.17, 15) is 0 Å². The van der Waals surface area contributed by atoms with Gasteiger partial charge in [0.15, 0.2) is 0 Å². The number of nitriles is 1. The molecule has 0 aromatic heterocycles. The molecule has 0 radical (unpaired) electrons. The lowest BCUT2D eigenvalue weighted by Crippen LogP contribution is -2.10. The fraction of sp³-hybridized carbons (Fsp3) is 0.188. The van der Waals surface area contributed by atoms with Crippen molar-refractivity contribution in [3.8, 4) is 11.8 Å². The Kier molecular flexibility index (Phi) is 5.66. The van der Waals surface area contributed by atoms with E-state index in [-0.39, 0.29) is 6.04 Å². The maximum Gasteiger partial charge on any atom is 0.135 e. The van der Waals surface area contributed by atoms with E-state index in [0.29, 0.717) is 6.42 Å². The molecule has 0 amide bonds. The Hall–Kier alpha value is -1.51. The van der Waals surface area contributed by atoms with Gasteiger partial charge in [-0.25, -0.2) is 0 Å². The quantitative estimate of drug-likeness (QED) is 0.729. The second-order valence-corrected chi connectivity index (χ2v) is 6.15. The third-order valence-electron chi connectivity index (χ3n) is 3.07. The van der Waals surface area contributed by atoms with Gasteiger partial charge in [-0.3, -0.25) is 0 Å². The van der Waals surface area contributed by atoms with Crippen LogP contribution in [0, 0.1) is 11.3 Å². The molecule has 0 bridgehead atoms. The predicted octanol–water partition coefficient (Wildman–Crippen LogP) is 5.29. The van der Waals surface area contributed by atoms with Crippen molar-refractivity contribution in [1.82, 2.24) is 0 Å². The highest BCUT2D eigenvalue weighted by Gasteiger charge is 2.14. The first-order valence-corrected chi connectivity index (χ1v) is 7.95. The van der Waals surface area contributed by atoms with Gasteiger partial charge < -0.3 is 10.1 Å². The van der Waals surface area contributed by atoms with Crippen LogP contribution in [0.15, 0.2) is 51.4 Å². The number of hydrogen-bond donors (Lipinski definition) is 1. The zero-order chi connectivity index (χ0) is 15.2. The largest absolute Gasteiger partial charge is 0.495 e. The number of nitrogens with one attached hydrogen (secondary N) is 1. The van der Waals surface area contributed by atoms with Gasteiger partial charge in [-0.1, -0.05) is 30.3 Å². The molecule has 5 heteroatoms. The average molecular weight is 410 g/mol. The number of benzene rings is 2. The van der Waals surface area contributed by atoms with Crippen molar-refractivity contribution in [2.45, 2.75) is 12.5 Å². The van der Waals surface area contributed by atoms with Crippen LogP contribution >= 0.6 is 31.9 Å². The number of anilines is 1. The molecule has 3 nitrogen and oxygen atoms in total. The summed E-state index contributed by atoms with van der Waals surface area (Å²) in [6, 6.07) is 15.9. The average Bonchev–Trinajstić information content (AvgIpc) is 2.50. The number of rotatable bonds is 5. The highest BCUT2D eigenvalue weighted by atomic mass is 79.9. The van der Waals surface area contributed by atoms with E-state index >= 15 is 0 Å². The van der Waals surface area contributed by atoms with Crippen molar-refractivity contribution >= 4 is 37.5 Å². The second-order valence-electron chi connectivity index (χ2n) is 4.44. The summed E-state index contributed by atoms with van der Waals surface area (Å²) in [5, 5.41) is 12.5. The van der Waals surface area contributed by atoms with Crippen LogP contribution in [0.5, 0.6) is 5.75 Å². The zero-order valence-corrected chi connectivity index (χ0v) is 14.6. The summed E-state index contributed by atoms with van der Waals surface area (Å²) in [4.78, 5) is 0. The number of nitrogens with zero attached hydrogens (tertiary/aromatic N) is 1. The summed E-state index contributed by atoms with van der Waals surface area (Å²) in [5.74, 6) is 0.740. The number of methoxy groups -OCH3 is 1. The molecule has 0 fully saturated rings. The van der Waals surface area contributed by atoms with Gasteiger partial charge >= 0.3 is 0 Å². The van der Waals surface area contributed by atoms with Gasteiger partial charge in [-0.15, -0.1) is 0 Å². The van der Waals surface area contributed by atoms with Crippen LogP contribution in [0.3, 0.4) is 0 Å². The molecule has 1 unspecified atom stereocenters. The van der Waals surface area contributed by atoms with Gasteiger partial charge in [0.1, 0.15) is 5.75 Å². The Balaban J connectivity index is 2.32. The fourth-order valence-electron chi connectivity index (χ4n) is 2.01. The SMILES string of the molecule is COc1cc(NC(CC#N)c2ccccc2)c(Br)cc1Br. The van der Waals surface area contributed by atoms with Crippen molar-refractivity contribution in [3.63, 3.8) is 0 Å². The fourth-order valence-corrected chi connectivity index (χ4v) is 3.28. The van der Waals surface area contributed by atoms with Crippen molar-refractivity contribution < 1.29 is 4.74 Å². The van der Waals surface area contributed by atoms with E-state index in [1.54, 1.807) is 7.11 Å². The van der Waals surface area contributed by atoms with Crippen molar-refractivity contribution in [2.75, 3.05) is 12.4 Å². The highest BCUT2D eigenvalue weighted by Crippen LogP contribution is 2.36. The summed E-state index contributed by atoms with van der Waals surface area (Å²) in [7, 11) is 1.63. The zero-order valence-electron chi connectivity index (χ0n) is 11.4. The molecule has 21 heavy (non-hydrogen) atoms. The Morgan fingerprint density at radius 3 is 2.52 bits per heavy atom. The van der Waals surface area contributed by atoms with E-state index in [0.717, 1.165) is 25.9 Å². The van der Waals surface area contributed by atoms with Crippen molar-refractivity contribution in [3.05, 3.63) is 57.0 Å². The predicted molar refractivity (Wildman–Crippen MR) is 91.4 cm³/mol. The van der Waals surface area contributed by atoms with E-state index in [4.69, 9.17) is 10.00 Å².